The van der Waals surface area contributed by atoms with Crippen molar-refractivity contribution in [1.29, 1.82) is 0 Å². The minimum atomic E-state index is -2.92. The van der Waals surface area contributed by atoms with E-state index in [4.69, 9.17) is 0 Å². The Morgan fingerprint density at radius 1 is 0.316 bits per heavy atom. The van der Waals surface area contributed by atoms with Crippen molar-refractivity contribution in [1.82, 2.24) is 4.57 Å². The Kier molecular flexibility index (Phi) is 7.80. The van der Waals surface area contributed by atoms with Gasteiger partial charge in [-0.25, -0.2) is 0 Å². The first-order chi connectivity index (χ1) is 28.3. The molecule has 10 aromatic rings. The van der Waals surface area contributed by atoms with Crippen molar-refractivity contribution in [2.24, 2.45) is 0 Å². The molecule has 0 saturated heterocycles. The molecule has 0 N–H and O–H groups in total. The van der Waals surface area contributed by atoms with Crippen LogP contribution in [0.4, 0.5) is 0 Å². The summed E-state index contributed by atoms with van der Waals surface area (Å²) in [4.78, 5) is 0. The van der Waals surface area contributed by atoms with Gasteiger partial charge in [0, 0.05) is 16.5 Å². The van der Waals surface area contributed by atoms with Crippen LogP contribution in [-0.4, -0.2) is 12.6 Å². The highest BCUT2D eigenvalue weighted by molar-refractivity contribution is 7.19. The summed E-state index contributed by atoms with van der Waals surface area (Å²) in [6.07, 6.45) is 0. The van der Waals surface area contributed by atoms with Crippen molar-refractivity contribution in [3.05, 3.63) is 259 Å². The third-order valence-electron chi connectivity index (χ3n) is 12.4. The molecule has 1 aromatic heterocycles. The number of nitrogens with zero attached hydrogens (tertiary/aromatic N) is 1. The Hall–Kier alpha value is -7.00. The molecule has 9 aromatic carbocycles. The number of hydrogen-bond donors (Lipinski definition) is 0. The van der Waals surface area contributed by atoms with Gasteiger partial charge in [0.05, 0.1) is 16.4 Å². The maximum absolute atomic E-state index is 2.92. The smallest absolute Gasteiger partial charge is 0.179 e. The van der Waals surface area contributed by atoms with Crippen LogP contribution < -0.4 is 20.7 Å². The summed E-state index contributed by atoms with van der Waals surface area (Å²) in [5, 5.41) is 7.97. The van der Waals surface area contributed by atoms with E-state index < -0.39 is 13.5 Å². The monoisotopic (exact) mass is 741 g/mol. The minimum absolute atomic E-state index is 0.488. The van der Waals surface area contributed by atoms with Crippen LogP contribution in [0.1, 0.15) is 22.3 Å². The van der Waals surface area contributed by atoms with Crippen LogP contribution in [0.3, 0.4) is 0 Å². The Morgan fingerprint density at radius 2 is 0.737 bits per heavy atom. The number of fused-ring (bicyclic) bond motifs is 6. The molecule has 0 amide bonds. The molecule has 11 rings (SSSR count). The lowest BCUT2D eigenvalue weighted by Crippen LogP contribution is -2.74. The summed E-state index contributed by atoms with van der Waals surface area (Å²) in [7, 11) is -2.92. The fourth-order valence-electron chi connectivity index (χ4n) is 10.1. The van der Waals surface area contributed by atoms with E-state index in [1.807, 2.05) is 0 Å². The van der Waals surface area contributed by atoms with Crippen molar-refractivity contribution in [3.63, 3.8) is 0 Å². The molecular formula is C55H39NSi. The first-order valence-electron chi connectivity index (χ1n) is 19.9. The van der Waals surface area contributed by atoms with Crippen LogP contribution in [0.5, 0.6) is 0 Å². The van der Waals surface area contributed by atoms with Crippen LogP contribution in [-0.2, 0) is 5.41 Å². The van der Waals surface area contributed by atoms with Gasteiger partial charge in [-0.3, -0.25) is 0 Å². The summed E-state index contributed by atoms with van der Waals surface area (Å²) in [5.41, 5.74) is 10.9. The van der Waals surface area contributed by atoms with Crippen LogP contribution >= 0.6 is 0 Å². The molecule has 0 radical (unpaired) electrons. The molecule has 268 valence electrons. The van der Waals surface area contributed by atoms with E-state index in [0.29, 0.717) is 0 Å². The van der Waals surface area contributed by atoms with E-state index in [1.165, 1.54) is 75.9 Å². The van der Waals surface area contributed by atoms with Gasteiger partial charge in [-0.15, -0.1) is 0 Å². The van der Waals surface area contributed by atoms with Crippen molar-refractivity contribution in [2.45, 2.75) is 5.41 Å². The van der Waals surface area contributed by atoms with Crippen molar-refractivity contribution < 1.29 is 0 Å². The highest BCUT2D eigenvalue weighted by atomic mass is 28.3. The molecule has 0 atom stereocenters. The van der Waals surface area contributed by atoms with E-state index in [-0.39, 0.29) is 0 Å². The number of hydrogen-bond acceptors (Lipinski definition) is 0. The maximum Gasteiger partial charge on any atom is 0.179 e. The average molecular weight is 742 g/mol. The standard InChI is InChI=1S/C55H39NSi/c1-4-19-40(20-5-1)55(51-31-14-10-27-47(51)48-28-11-15-32-52(48)55)41-21-18-26-46(39-41)57(43-22-6-2-7-23-43,44-24-8-3-9-25-44)45-37-35-42(36-38-45)56-53-33-16-12-29-49(53)50-30-13-17-34-54(50)56/h1-39H. The Morgan fingerprint density at radius 3 is 1.30 bits per heavy atom. The van der Waals surface area contributed by atoms with E-state index in [2.05, 4.69) is 241 Å². The molecule has 0 spiro atoms. The van der Waals surface area contributed by atoms with E-state index in [1.54, 1.807) is 0 Å². The minimum Gasteiger partial charge on any atom is -0.309 e. The second kappa shape index (κ2) is 13.3. The van der Waals surface area contributed by atoms with Crippen molar-refractivity contribution in [2.75, 3.05) is 0 Å². The SMILES string of the molecule is c1ccc(C2(c3cccc([Si](c4ccccc4)(c4ccccc4)c4ccc(-n5c6ccccc6c6ccccc65)cc4)c3)c3ccccc3-c3ccccc32)cc1. The van der Waals surface area contributed by atoms with Gasteiger partial charge in [-0.2, -0.15) is 0 Å². The van der Waals surface area contributed by atoms with E-state index >= 15 is 0 Å². The summed E-state index contributed by atoms with van der Waals surface area (Å²) in [6.45, 7) is 0. The molecule has 1 nitrogen and oxygen atoms in total. The Labute approximate surface area is 334 Å². The van der Waals surface area contributed by atoms with E-state index in [9.17, 15) is 0 Å². The molecule has 1 heterocycles. The van der Waals surface area contributed by atoms with Gasteiger partial charge < -0.3 is 4.57 Å². The highest BCUT2D eigenvalue weighted by Crippen LogP contribution is 2.55. The average Bonchev–Trinajstić information content (AvgIpc) is 3.79. The summed E-state index contributed by atoms with van der Waals surface area (Å²) in [6, 6.07) is 88.5. The summed E-state index contributed by atoms with van der Waals surface area (Å²) < 4.78 is 2.42. The quantitative estimate of drug-likeness (QED) is 0.113. The largest absolute Gasteiger partial charge is 0.309 e. The topological polar surface area (TPSA) is 4.93 Å². The van der Waals surface area contributed by atoms with Gasteiger partial charge in [0.2, 0.25) is 0 Å². The highest BCUT2D eigenvalue weighted by Gasteiger charge is 2.48. The molecular weight excluding hydrogens is 703 g/mol. The molecule has 0 saturated carbocycles. The van der Waals surface area contributed by atoms with Gasteiger partial charge in [0.15, 0.2) is 8.07 Å². The number of rotatable bonds is 7. The molecule has 0 fully saturated rings. The fourth-order valence-corrected chi connectivity index (χ4v) is 14.9. The molecule has 0 aliphatic heterocycles. The number of aromatic nitrogens is 1. The lowest BCUT2D eigenvalue weighted by atomic mass is 9.68. The zero-order valence-electron chi connectivity index (χ0n) is 31.5. The second-order valence-electron chi connectivity index (χ2n) is 15.2. The third-order valence-corrected chi connectivity index (χ3v) is 17.2. The van der Waals surface area contributed by atoms with Gasteiger partial charge in [-0.1, -0.05) is 212 Å². The molecule has 57 heavy (non-hydrogen) atoms. The van der Waals surface area contributed by atoms with Gasteiger partial charge >= 0.3 is 0 Å². The first kappa shape index (κ1) is 33.3. The van der Waals surface area contributed by atoms with Crippen molar-refractivity contribution >= 4 is 50.6 Å². The zero-order valence-corrected chi connectivity index (χ0v) is 32.5. The van der Waals surface area contributed by atoms with E-state index in [0.717, 1.165) is 5.69 Å². The Bertz CT molecular complexity index is 2920. The van der Waals surface area contributed by atoms with Gasteiger partial charge in [0.25, 0.3) is 0 Å². The fraction of sp³-hybridized carbons (Fsp3) is 0.0182. The third kappa shape index (κ3) is 4.87. The van der Waals surface area contributed by atoms with Gasteiger partial charge in [0.1, 0.15) is 0 Å². The van der Waals surface area contributed by atoms with Crippen LogP contribution in [0.15, 0.2) is 237 Å². The predicted molar refractivity (Wildman–Crippen MR) is 242 cm³/mol. The molecule has 2 heteroatoms. The molecule has 0 bridgehead atoms. The van der Waals surface area contributed by atoms with Crippen LogP contribution in [0, 0.1) is 0 Å². The Balaban J connectivity index is 1.19. The lowest BCUT2D eigenvalue weighted by molar-refractivity contribution is 0.769. The van der Waals surface area contributed by atoms with Crippen molar-refractivity contribution in [3.8, 4) is 16.8 Å². The van der Waals surface area contributed by atoms with Crippen LogP contribution in [0.2, 0.25) is 0 Å². The summed E-state index contributed by atoms with van der Waals surface area (Å²) >= 11 is 0. The first-order valence-corrected chi connectivity index (χ1v) is 21.9. The summed E-state index contributed by atoms with van der Waals surface area (Å²) in [5.74, 6) is 0. The second-order valence-corrected chi connectivity index (χ2v) is 19.0. The molecule has 1 aliphatic rings. The predicted octanol–water partition coefficient (Wildman–Crippen LogP) is 10.5. The molecule has 0 unspecified atom stereocenters. The maximum atomic E-state index is 2.57. The molecule has 1 aliphatic carbocycles. The zero-order chi connectivity index (χ0) is 37.8. The number of benzene rings is 9. The number of para-hydroxylation sites is 2. The van der Waals surface area contributed by atoms with Crippen LogP contribution in [0.25, 0.3) is 38.6 Å². The van der Waals surface area contributed by atoms with Gasteiger partial charge in [-0.05, 0) is 78.4 Å². The lowest BCUT2D eigenvalue weighted by Gasteiger charge is -2.37. The normalized spacial score (nSPS) is 13.1.